The van der Waals surface area contributed by atoms with Crippen LogP contribution in [0.3, 0.4) is 0 Å². The van der Waals surface area contributed by atoms with Gasteiger partial charge in [0.05, 0.1) is 5.75 Å². The molecule has 7 heteroatoms. The van der Waals surface area contributed by atoms with E-state index in [4.69, 9.17) is 0 Å². The lowest BCUT2D eigenvalue weighted by atomic mass is 9.95. The van der Waals surface area contributed by atoms with Crippen molar-refractivity contribution >= 4 is 23.6 Å². The van der Waals surface area contributed by atoms with Crippen molar-refractivity contribution in [3.8, 4) is 0 Å². The number of hydrogen-bond donors (Lipinski definition) is 0. The molecule has 0 radical (unpaired) electrons. The molecule has 4 nitrogen and oxygen atoms in total. The van der Waals surface area contributed by atoms with Crippen molar-refractivity contribution in [3.63, 3.8) is 0 Å². The van der Waals surface area contributed by atoms with Gasteiger partial charge in [-0.25, -0.2) is 8.78 Å². The highest BCUT2D eigenvalue weighted by Gasteiger charge is 2.30. The van der Waals surface area contributed by atoms with Gasteiger partial charge in [-0.05, 0) is 37.8 Å². The third-order valence-electron chi connectivity index (χ3n) is 5.36. The van der Waals surface area contributed by atoms with Crippen molar-refractivity contribution in [2.45, 2.75) is 43.4 Å². The second kappa shape index (κ2) is 9.53. The molecule has 0 N–H and O–H groups in total. The van der Waals surface area contributed by atoms with Gasteiger partial charge in [0, 0.05) is 43.1 Å². The third-order valence-corrected chi connectivity index (χ3v) is 6.39. The summed E-state index contributed by atoms with van der Waals surface area (Å²) in [6.45, 7) is 2.85. The zero-order valence-corrected chi connectivity index (χ0v) is 16.3. The Morgan fingerprint density at radius 2 is 1.63 bits per heavy atom. The molecule has 3 rings (SSSR count). The van der Waals surface area contributed by atoms with Crippen LogP contribution in [0, 0.1) is 17.6 Å². The summed E-state index contributed by atoms with van der Waals surface area (Å²) < 4.78 is 26.6. The standard InChI is InChI=1S/C20H26F2N2O2S/c21-16-5-6-18(17(22)13-16)27-14-19(25)23-11-7-15(8-12-23)20(26)24-9-3-1-2-4-10-24/h5-6,13,15H,1-4,7-12,14H2. The SMILES string of the molecule is O=C(CSc1ccc(F)cc1F)N1CCC(C(=O)N2CCCCCC2)CC1. The van der Waals surface area contributed by atoms with E-state index in [-0.39, 0.29) is 28.4 Å². The van der Waals surface area contributed by atoms with Gasteiger partial charge in [-0.1, -0.05) is 12.8 Å². The molecule has 27 heavy (non-hydrogen) atoms. The second-order valence-electron chi connectivity index (χ2n) is 7.26. The minimum Gasteiger partial charge on any atom is -0.342 e. The number of rotatable bonds is 4. The molecule has 2 saturated heterocycles. The molecule has 148 valence electrons. The van der Waals surface area contributed by atoms with Gasteiger partial charge < -0.3 is 9.80 Å². The number of carbonyl (C=O) groups is 2. The molecule has 2 amide bonds. The molecule has 2 aliphatic heterocycles. The molecule has 0 unspecified atom stereocenters. The lowest BCUT2D eigenvalue weighted by Gasteiger charge is -2.34. The summed E-state index contributed by atoms with van der Waals surface area (Å²) in [5.41, 5.74) is 0. The summed E-state index contributed by atoms with van der Waals surface area (Å²) in [6.07, 6.45) is 5.94. The molecule has 0 aliphatic carbocycles. The van der Waals surface area contributed by atoms with Crippen LogP contribution >= 0.6 is 11.8 Å². The van der Waals surface area contributed by atoms with Gasteiger partial charge >= 0.3 is 0 Å². The Balaban J connectivity index is 1.45. The molecular formula is C20H26F2N2O2S. The Morgan fingerprint density at radius 3 is 2.26 bits per heavy atom. The van der Waals surface area contributed by atoms with Crippen molar-refractivity contribution in [1.29, 1.82) is 0 Å². The van der Waals surface area contributed by atoms with E-state index in [1.807, 2.05) is 4.90 Å². The van der Waals surface area contributed by atoms with E-state index in [2.05, 4.69) is 0 Å². The Morgan fingerprint density at radius 1 is 0.963 bits per heavy atom. The van der Waals surface area contributed by atoms with Crippen LogP contribution in [-0.2, 0) is 9.59 Å². The minimum atomic E-state index is -0.644. The van der Waals surface area contributed by atoms with Crippen molar-refractivity contribution in [2.24, 2.45) is 5.92 Å². The number of likely N-dealkylation sites (tertiary alicyclic amines) is 2. The number of thioether (sulfide) groups is 1. The van der Waals surface area contributed by atoms with E-state index in [1.165, 1.54) is 25.0 Å². The summed E-state index contributed by atoms with van der Waals surface area (Å²) in [7, 11) is 0. The number of hydrogen-bond acceptors (Lipinski definition) is 3. The van der Waals surface area contributed by atoms with Crippen molar-refractivity contribution in [3.05, 3.63) is 29.8 Å². The minimum absolute atomic E-state index is 0.00865. The number of carbonyl (C=O) groups excluding carboxylic acids is 2. The van der Waals surface area contributed by atoms with Crippen molar-refractivity contribution in [2.75, 3.05) is 31.9 Å². The maximum atomic E-state index is 13.7. The Bertz CT molecular complexity index is 670. The van der Waals surface area contributed by atoms with Crippen LogP contribution in [0.4, 0.5) is 8.78 Å². The second-order valence-corrected chi connectivity index (χ2v) is 8.28. The summed E-state index contributed by atoms with van der Waals surface area (Å²) >= 11 is 1.08. The molecular weight excluding hydrogens is 370 g/mol. The lowest BCUT2D eigenvalue weighted by Crippen LogP contribution is -2.45. The van der Waals surface area contributed by atoms with E-state index < -0.39 is 11.6 Å². The van der Waals surface area contributed by atoms with E-state index >= 15 is 0 Å². The van der Waals surface area contributed by atoms with Gasteiger partial charge in [-0.15, -0.1) is 11.8 Å². The summed E-state index contributed by atoms with van der Waals surface area (Å²) in [6, 6.07) is 3.37. The van der Waals surface area contributed by atoms with Gasteiger partial charge in [0.1, 0.15) is 11.6 Å². The fourth-order valence-electron chi connectivity index (χ4n) is 3.75. The van der Waals surface area contributed by atoms with Crippen LogP contribution in [0.1, 0.15) is 38.5 Å². The van der Waals surface area contributed by atoms with Crippen LogP contribution in [0.5, 0.6) is 0 Å². The first-order valence-corrected chi connectivity index (χ1v) is 10.7. The number of piperidine rings is 1. The van der Waals surface area contributed by atoms with E-state index in [0.29, 0.717) is 25.9 Å². The number of benzene rings is 1. The molecule has 1 aromatic rings. The Hall–Kier alpha value is -1.63. The quantitative estimate of drug-likeness (QED) is 0.729. The van der Waals surface area contributed by atoms with Crippen LogP contribution in [-0.4, -0.2) is 53.5 Å². The average molecular weight is 397 g/mol. The fraction of sp³-hybridized carbons (Fsp3) is 0.600. The Kier molecular flexibility index (Phi) is 7.10. The molecule has 2 heterocycles. The first kappa shape index (κ1) is 20.1. The maximum Gasteiger partial charge on any atom is 0.232 e. The van der Waals surface area contributed by atoms with Gasteiger partial charge in [0.2, 0.25) is 11.8 Å². The topological polar surface area (TPSA) is 40.6 Å². The largest absolute Gasteiger partial charge is 0.342 e. The van der Waals surface area contributed by atoms with Crippen LogP contribution in [0.15, 0.2) is 23.1 Å². The first-order chi connectivity index (χ1) is 13.0. The number of nitrogens with zero attached hydrogens (tertiary/aromatic N) is 2. The molecule has 2 aliphatic rings. The zero-order valence-electron chi connectivity index (χ0n) is 15.5. The lowest BCUT2D eigenvalue weighted by molar-refractivity contribution is -0.139. The summed E-state index contributed by atoms with van der Waals surface area (Å²) in [5.74, 6) is -0.966. The molecule has 2 fully saturated rings. The van der Waals surface area contributed by atoms with Crippen LogP contribution < -0.4 is 0 Å². The van der Waals surface area contributed by atoms with E-state index in [1.54, 1.807) is 4.90 Å². The fourth-order valence-corrected chi connectivity index (χ4v) is 4.57. The average Bonchev–Trinajstić information content (AvgIpc) is 2.96. The third kappa shape index (κ3) is 5.43. The smallest absolute Gasteiger partial charge is 0.232 e. The molecule has 0 saturated carbocycles. The molecule has 0 bridgehead atoms. The summed E-state index contributed by atoms with van der Waals surface area (Å²) in [4.78, 5) is 29.1. The molecule has 0 atom stereocenters. The van der Waals surface area contributed by atoms with Crippen molar-refractivity contribution < 1.29 is 18.4 Å². The molecule has 0 spiro atoms. The Labute approximate surface area is 163 Å². The highest BCUT2D eigenvalue weighted by molar-refractivity contribution is 8.00. The van der Waals surface area contributed by atoms with E-state index in [9.17, 15) is 18.4 Å². The predicted molar refractivity (Wildman–Crippen MR) is 101 cm³/mol. The summed E-state index contributed by atoms with van der Waals surface area (Å²) in [5, 5.41) is 0. The predicted octanol–water partition coefficient (Wildman–Crippen LogP) is 3.70. The van der Waals surface area contributed by atoms with Gasteiger partial charge in [0.15, 0.2) is 0 Å². The van der Waals surface area contributed by atoms with Gasteiger partial charge in [-0.2, -0.15) is 0 Å². The molecule has 1 aromatic carbocycles. The van der Waals surface area contributed by atoms with Crippen LogP contribution in [0.25, 0.3) is 0 Å². The monoisotopic (exact) mass is 396 g/mol. The zero-order chi connectivity index (χ0) is 19.2. The highest BCUT2D eigenvalue weighted by Crippen LogP contribution is 2.25. The van der Waals surface area contributed by atoms with Gasteiger partial charge in [-0.3, -0.25) is 9.59 Å². The number of amides is 2. The van der Waals surface area contributed by atoms with Gasteiger partial charge in [0.25, 0.3) is 0 Å². The van der Waals surface area contributed by atoms with E-state index in [0.717, 1.165) is 43.8 Å². The molecule has 0 aromatic heterocycles. The van der Waals surface area contributed by atoms with Crippen molar-refractivity contribution in [1.82, 2.24) is 9.80 Å². The maximum absolute atomic E-state index is 13.7. The number of halogens is 2. The highest BCUT2D eigenvalue weighted by atomic mass is 32.2. The first-order valence-electron chi connectivity index (χ1n) is 9.69. The normalized spacial score (nSPS) is 19.0. The van der Waals surface area contributed by atoms with Crippen LogP contribution in [0.2, 0.25) is 0 Å².